The zero-order chi connectivity index (χ0) is 30.8. The Morgan fingerprint density at radius 1 is 0.511 bits per heavy atom. The number of aryl methyl sites for hydroxylation is 2. The highest BCUT2D eigenvalue weighted by atomic mass is 16.5. The predicted octanol–water partition coefficient (Wildman–Crippen LogP) is 7.67. The SMILES string of the molecule is Cc1cc(NCCNCCNc2cc(C)nc3ccc(OCc4ccccc4)cc23)c2cc(OCc3ccccc3)ccc2n1. The third kappa shape index (κ3) is 8.08. The Labute approximate surface area is 264 Å². The molecule has 6 rings (SSSR count). The molecule has 2 heterocycles. The number of pyridine rings is 2. The van der Waals surface area contributed by atoms with Crippen molar-refractivity contribution >= 4 is 33.2 Å². The van der Waals surface area contributed by atoms with Gasteiger partial charge in [0.05, 0.1) is 11.0 Å². The van der Waals surface area contributed by atoms with Crippen LogP contribution in [0.5, 0.6) is 11.5 Å². The Bertz CT molecular complexity index is 1730. The number of fused-ring (bicyclic) bond motifs is 2. The van der Waals surface area contributed by atoms with Crippen LogP contribution in [0.4, 0.5) is 11.4 Å². The molecule has 45 heavy (non-hydrogen) atoms. The molecular formula is C38H39N5O2. The molecule has 6 aromatic rings. The van der Waals surface area contributed by atoms with E-state index in [1.807, 2.05) is 74.5 Å². The van der Waals surface area contributed by atoms with Crippen LogP contribution in [0.2, 0.25) is 0 Å². The van der Waals surface area contributed by atoms with Crippen molar-refractivity contribution < 1.29 is 9.47 Å². The number of hydrogen-bond donors (Lipinski definition) is 3. The van der Waals surface area contributed by atoms with Crippen LogP contribution in [0.25, 0.3) is 21.8 Å². The van der Waals surface area contributed by atoms with E-state index in [4.69, 9.17) is 19.4 Å². The lowest BCUT2D eigenvalue weighted by atomic mass is 10.1. The Morgan fingerprint density at radius 2 is 0.956 bits per heavy atom. The molecular weight excluding hydrogens is 558 g/mol. The highest BCUT2D eigenvalue weighted by Gasteiger charge is 2.08. The second kappa shape index (κ2) is 14.6. The van der Waals surface area contributed by atoms with Crippen molar-refractivity contribution in [3.05, 3.63) is 132 Å². The summed E-state index contributed by atoms with van der Waals surface area (Å²) >= 11 is 0. The van der Waals surface area contributed by atoms with Crippen molar-refractivity contribution in [1.29, 1.82) is 0 Å². The highest BCUT2D eigenvalue weighted by molar-refractivity contribution is 5.93. The van der Waals surface area contributed by atoms with Crippen LogP contribution in [0, 0.1) is 13.8 Å². The summed E-state index contributed by atoms with van der Waals surface area (Å²) in [5.74, 6) is 1.66. The number of nitrogens with zero attached hydrogens (tertiary/aromatic N) is 2. The Hall–Kier alpha value is -5.14. The quantitative estimate of drug-likeness (QED) is 0.111. The Kier molecular flexibility index (Phi) is 9.68. The molecule has 0 aliphatic rings. The summed E-state index contributed by atoms with van der Waals surface area (Å²) in [5.41, 5.74) is 8.28. The first kappa shape index (κ1) is 29.9. The van der Waals surface area contributed by atoms with Gasteiger partial charge in [-0.25, -0.2) is 0 Å². The summed E-state index contributed by atoms with van der Waals surface area (Å²) < 4.78 is 12.2. The standard InChI is InChI=1S/C38H39N5O2/c1-27-21-37(33-23-31(13-15-35(33)42-27)44-25-29-9-5-3-6-10-29)40-19-17-39-18-20-41-38-22-28(2)43-36-16-14-32(24-34(36)38)45-26-30-11-7-4-8-12-30/h3-16,21-24,39H,17-20,25-26H2,1-2H3,(H,40,42)(H,41,43). The maximum atomic E-state index is 6.08. The van der Waals surface area contributed by atoms with Gasteiger partial charge in [-0.15, -0.1) is 0 Å². The first-order valence-electron chi connectivity index (χ1n) is 15.5. The largest absolute Gasteiger partial charge is 0.489 e. The van der Waals surface area contributed by atoms with E-state index < -0.39 is 0 Å². The molecule has 0 saturated heterocycles. The van der Waals surface area contributed by atoms with Crippen molar-refractivity contribution in [3.8, 4) is 11.5 Å². The smallest absolute Gasteiger partial charge is 0.120 e. The van der Waals surface area contributed by atoms with E-state index in [1.165, 1.54) is 0 Å². The molecule has 0 aliphatic carbocycles. The number of nitrogens with one attached hydrogen (secondary N) is 3. The second-order valence-corrected chi connectivity index (χ2v) is 11.1. The molecule has 0 fully saturated rings. The molecule has 228 valence electrons. The number of hydrogen-bond acceptors (Lipinski definition) is 7. The summed E-state index contributed by atoms with van der Waals surface area (Å²) in [6, 6.07) is 36.8. The molecule has 0 atom stereocenters. The lowest BCUT2D eigenvalue weighted by Gasteiger charge is -2.14. The van der Waals surface area contributed by atoms with Gasteiger partial charge in [0.2, 0.25) is 0 Å². The van der Waals surface area contributed by atoms with Crippen LogP contribution < -0.4 is 25.4 Å². The van der Waals surface area contributed by atoms with E-state index >= 15 is 0 Å². The molecule has 4 aromatic carbocycles. The highest BCUT2D eigenvalue weighted by Crippen LogP contribution is 2.29. The molecule has 0 saturated carbocycles. The second-order valence-electron chi connectivity index (χ2n) is 11.1. The molecule has 7 heteroatoms. The van der Waals surface area contributed by atoms with Gasteiger partial charge in [-0.3, -0.25) is 9.97 Å². The van der Waals surface area contributed by atoms with E-state index in [0.29, 0.717) is 13.2 Å². The third-order valence-electron chi connectivity index (χ3n) is 7.55. The third-order valence-corrected chi connectivity index (χ3v) is 7.55. The molecule has 0 bridgehead atoms. The van der Waals surface area contributed by atoms with Crippen LogP contribution in [-0.4, -0.2) is 36.1 Å². The number of ether oxygens (including phenoxy) is 2. The fourth-order valence-corrected chi connectivity index (χ4v) is 5.32. The van der Waals surface area contributed by atoms with Gasteiger partial charge >= 0.3 is 0 Å². The summed E-state index contributed by atoms with van der Waals surface area (Å²) in [6.07, 6.45) is 0. The average molecular weight is 598 g/mol. The van der Waals surface area contributed by atoms with Crippen LogP contribution in [-0.2, 0) is 13.2 Å². The van der Waals surface area contributed by atoms with Gasteiger partial charge in [0.1, 0.15) is 24.7 Å². The lowest BCUT2D eigenvalue weighted by Crippen LogP contribution is -2.27. The molecule has 7 nitrogen and oxygen atoms in total. The molecule has 2 aromatic heterocycles. The molecule has 0 spiro atoms. The minimum Gasteiger partial charge on any atom is -0.489 e. The summed E-state index contributed by atoms with van der Waals surface area (Å²) in [4.78, 5) is 9.44. The van der Waals surface area contributed by atoms with Gasteiger partial charge in [-0.1, -0.05) is 60.7 Å². The molecule has 0 radical (unpaired) electrons. The van der Waals surface area contributed by atoms with Crippen molar-refractivity contribution in [2.45, 2.75) is 27.1 Å². The topological polar surface area (TPSA) is 80.3 Å². The van der Waals surface area contributed by atoms with Gasteiger partial charge in [0, 0.05) is 59.7 Å². The van der Waals surface area contributed by atoms with E-state index in [-0.39, 0.29) is 0 Å². The molecule has 3 N–H and O–H groups in total. The van der Waals surface area contributed by atoms with Gasteiger partial charge < -0.3 is 25.4 Å². The van der Waals surface area contributed by atoms with E-state index in [1.54, 1.807) is 0 Å². The number of rotatable bonds is 14. The molecule has 0 unspecified atom stereocenters. The normalized spacial score (nSPS) is 11.1. The van der Waals surface area contributed by atoms with Crippen molar-refractivity contribution in [2.75, 3.05) is 36.8 Å². The number of aromatic nitrogens is 2. The van der Waals surface area contributed by atoms with Crippen molar-refractivity contribution in [1.82, 2.24) is 15.3 Å². The number of benzene rings is 4. The van der Waals surface area contributed by atoms with Crippen molar-refractivity contribution in [3.63, 3.8) is 0 Å². The summed E-state index contributed by atoms with van der Waals surface area (Å²) in [7, 11) is 0. The zero-order valence-corrected chi connectivity index (χ0v) is 25.8. The summed E-state index contributed by atoms with van der Waals surface area (Å²) in [6.45, 7) is 8.33. The van der Waals surface area contributed by atoms with Gasteiger partial charge in [0.15, 0.2) is 0 Å². The summed E-state index contributed by atoms with van der Waals surface area (Å²) in [5, 5.41) is 12.9. The number of anilines is 2. The Morgan fingerprint density at radius 3 is 1.40 bits per heavy atom. The van der Waals surface area contributed by atoms with Crippen LogP contribution in [0.15, 0.2) is 109 Å². The van der Waals surface area contributed by atoms with Gasteiger partial charge in [-0.05, 0) is 73.5 Å². The maximum absolute atomic E-state index is 6.08. The fraction of sp³-hybridized carbons (Fsp3) is 0.211. The molecule has 0 amide bonds. The first-order valence-corrected chi connectivity index (χ1v) is 15.5. The zero-order valence-electron chi connectivity index (χ0n) is 25.8. The van der Waals surface area contributed by atoms with Crippen molar-refractivity contribution in [2.24, 2.45) is 0 Å². The lowest BCUT2D eigenvalue weighted by molar-refractivity contribution is 0.306. The minimum absolute atomic E-state index is 0.532. The van der Waals surface area contributed by atoms with E-state index in [0.717, 1.165) is 93.4 Å². The van der Waals surface area contributed by atoms with Crippen LogP contribution in [0.3, 0.4) is 0 Å². The Balaban J connectivity index is 1.01. The first-order chi connectivity index (χ1) is 22.1. The predicted molar refractivity (Wildman–Crippen MR) is 184 cm³/mol. The van der Waals surface area contributed by atoms with Crippen LogP contribution >= 0.6 is 0 Å². The monoisotopic (exact) mass is 597 g/mol. The fourth-order valence-electron chi connectivity index (χ4n) is 5.32. The van der Waals surface area contributed by atoms with Crippen LogP contribution in [0.1, 0.15) is 22.5 Å². The molecule has 0 aliphatic heterocycles. The van der Waals surface area contributed by atoms with E-state index in [9.17, 15) is 0 Å². The van der Waals surface area contributed by atoms with Gasteiger partial charge in [0.25, 0.3) is 0 Å². The van der Waals surface area contributed by atoms with E-state index in [2.05, 4.69) is 64.5 Å². The minimum atomic E-state index is 0.532. The van der Waals surface area contributed by atoms with Gasteiger partial charge in [-0.2, -0.15) is 0 Å². The maximum Gasteiger partial charge on any atom is 0.120 e. The average Bonchev–Trinajstić information content (AvgIpc) is 3.06.